The van der Waals surface area contributed by atoms with Crippen molar-refractivity contribution in [2.75, 3.05) is 16.8 Å². The molecule has 1 aliphatic rings. The molecule has 1 atom stereocenters. The zero-order chi connectivity index (χ0) is 11.5. The Morgan fingerprint density at radius 2 is 2.44 bits per heavy atom. The number of nitrogens with one attached hydrogen (secondary N) is 1. The van der Waals surface area contributed by atoms with Crippen molar-refractivity contribution in [2.24, 2.45) is 5.73 Å². The van der Waals surface area contributed by atoms with Crippen LogP contribution in [0.3, 0.4) is 0 Å². The van der Waals surface area contributed by atoms with Gasteiger partial charge in [0.05, 0.1) is 0 Å². The van der Waals surface area contributed by atoms with Crippen molar-refractivity contribution in [1.82, 2.24) is 4.98 Å². The summed E-state index contributed by atoms with van der Waals surface area (Å²) < 4.78 is 0. The molecule has 2 heterocycles. The molecule has 1 saturated heterocycles. The number of nitrogens with two attached hydrogens (primary N) is 1. The van der Waals surface area contributed by atoms with E-state index >= 15 is 0 Å². The first kappa shape index (κ1) is 11.7. The number of hydrogen-bond donors (Lipinski definition) is 2. The molecule has 3 nitrogen and oxygen atoms in total. The predicted octanol–water partition coefficient (Wildman–Crippen LogP) is 1.94. The highest BCUT2D eigenvalue weighted by molar-refractivity contribution is 7.99. The second kappa shape index (κ2) is 5.01. The van der Waals surface area contributed by atoms with Gasteiger partial charge in [0.1, 0.15) is 10.8 Å². The number of aryl methyl sites for hydroxylation is 1. The molecule has 0 saturated carbocycles. The predicted molar refractivity (Wildman–Crippen MR) is 74.2 cm³/mol. The minimum absolute atomic E-state index is 0.425. The van der Waals surface area contributed by atoms with Gasteiger partial charge in [0.25, 0.3) is 0 Å². The van der Waals surface area contributed by atoms with E-state index < -0.39 is 0 Å². The smallest absolute Gasteiger partial charge is 0.127 e. The molecule has 2 rings (SSSR count). The van der Waals surface area contributed by atoms with Gasteiger partial charge in [-0.25, -0.2) is 4.98 Å². The first-order valence-electron chi connectivity index (χ1n) is 5.28. The van der Waals surface area contributed by atoms with E-state index in [0.29, 0.717) is 11.0 Å². The summed E-state index contributed by atoms with van der Waals surface area (Å²) >= 11 is 6.96. The number of anilines is 1. The van der Waals surface area contributed by atoms with Crippen molar-refractivity contribution in [2.45, 2.75) is 19.4 Å². The zero-order valence-corrected chi connectivity index (χ0v) is 10.8. The Hall–Kier alpha value is -0.810. The Morgan fingerprint density at radius 3 is 3.06 bits per heavy atom. The highest BCUT2D eigenvalue weighted by Gasteiger charge is 2.15. The van der Waals surface area contributed by atoms with Crippen LogP contribution >= 0.6 is 24.0 Å². The molecular formula is C11H15N3S2. The van der Waals surface area contributed by atoms with Gasteiger partial charge in [0.15, 0.2) is 0 Å². The molecule has 0 radical (unpaired) electrons. The molecular weight excluding hydrogens is 238 g/mol. The Kier molecular flexibility index (Phi) is 3.66. The van der Waals surface area contributed by atoms with Gasteiger partial charge in [0.2, 0.25) is 0 Å². The Morgan fingerprint density at radius 1 is 1.62 bits per heavy atom. The molecule has 86 valence electrons. The fourth-order valence-electron chi connectivity index (χ4n) is 1.74. The average molecular weight is 253 g/mol. The van der Waals surface area contributed by atoms with Gasteiger partial charge in [0, 0.05) is 23.1 Å². The number of rotatable bonds is 3. The third-order valence-corrected chi connectivity index (χ3v) is 3.92. The lowest BCUT2D eigenvalue weighted by molar-refractivity contribution is 0.805. The maximum absolute atomic E-state index is 5.63. The number of aromatic nitrogens is 1. The van der Waals surface area contributed by atoms with Gasteiger partial charge >= 0.3 is 0 Å². The summed E-state index contributed by atoms with van der Waals surface area (Å²) in [5.74, 6) is 3.26. The van der Waals surface area contributed by atoms with Gasteiger partial charge in [-0.2, -0.15) is 11.8 Å². The molecule has 0 aromatic carbocycles. The van der Waals surface area contributed by atoms with E-state index in [9.17, 15) is 0 Å². The van der Waals surface area contributed by atoms with Crippen LogP contribution in [0.25, 0.3) is 0 Å². The Labute approximate surface area is 105 Å². The van der Waals surface area contributed by atoms with Gasteiger partial charge in [-0.15, -0.1) is 0 Å². The number of pyridine rings is 1. The normalized spacial score (nSPS) is 19.7. The summed E-state index contributed by atoms with van der Waals surface area (Å²) in [5, 5.41) is 3.43. The monoisotopic (exact) mass is 253 g/mol. The van der Waals surface area contributed by atoms with Crippen LogP contribution in [0.1, 0.15) is 17.7 Å². The van der Waals surface area contributed by atoms with Crippen LogP contribution in [0.5, 0.6) is 0 Å². The summed E-state index contributed by atoms with van der Waals surface area (Å²) in [7, 11) is 0. The van der Waals surface area contributed by atoms with Crippen LogP contribution in [-0.4, -0.2) is 27.5 Å². The van der Waals surface area contributed by atoms with Crippen LogP contribution in [0.2, 0.25) is 0 Å². The van der Waals surface area contributed by atoms with E-state index in [1.54, 1.807) is 0 Å². The van der Waals surface area contributed by atoms with Crippen LogP contribution in [-0.2, 0) is 0 Å². The first-order valence-corrected chi connectivity index (χ1v) is 6.84. The van der Waals surface area contributed by atoms with E-state index in [-0.39, 0.29) is 0 Å². The summed E-state index contributed by atoms with van der Waals surface area (Å²) in [5.41, 5.74) is 7.46. The number of hydrogen-bond acceptors (Lipinski definition) is 4. The van der Waals surface area contributed by atoms with Crippen molar-refractivity contribution in [1.29, 1.82) is 0 Å². The van der Waals surface area contributed by atoms with E-state index in [1.165, 1.54) is 12.2 Å². The highest BCUT2D eigenvalue weighted by Crippen LogP contribution is 2.21. The highest BCUT2D eigenvalue weighted by atomic mass is 32.2. The van der Waals surface area contributed by atoms with Crippen molar-refractivity contribution in [3.8, 4) is 0 Å². The summed E-state index contributed by atoms with van der Waals surface area (Å²) in [4.78, 5) is 4.87. The zero-order valence-electron chi connectivity index (χ0n) is 9.19. The summed E-state index contributed by atoms with van der Waals surface area (Å²) in [6, 6.07) is 4.37. The topological polar surface area (TPSA) is 50.9 Å². The van der Waals surface area contributed by atoms with E-state index in [2.05, 4.69) is 10.3 Å². The van der Waals surface area contributed by atoms with Crippen molar-refractivity contribution >= 4 is 34.8 Å². The van der Waals surface area contributed by atoms with Crippen LogP contribution in [0.4, 0.5) is 5.82 Å². The second-order valence-corrected chi connectivity index (χ2v) is 5.54. The number of thioether (sulfide) groups is 1. The lowest BCUT2D eigenvalue weighted by Gasteiger charge is -2.13. The Balaban J connectivity index is 2.16. The molecule has 0 aliphatic carbocycles. The van der Waals surface area contributed by atoms with Gasteiger partial charge in [-0.1, -0.05) is 12.2 Å². The van der Waals surface area contributed by atoms with Gasteiger partial charge in [-0.3, -0.25) is 0 Å². The lowest BCUT2D eigenvalue weighted by atomic mass is 10.2. The second-order valence-electron chi connectivity index (χ2n) is 3.95. The Bertz CT molecular complexity index is 400. The fourth-order valence-corrected chi connectivity index (χ4v) is 3.01. The van der Waals surface area contributed by atoms with Crippen molar-refractivity contribution in [3.63, 3.8) is 0 Å². The molecule has 1 unspecified atom stereocenters. The molecule has 16 heavy (non-hydrogen) atoms. The third-order valence-electron chi connectivity index (χ3n) is 2.52. The molecule has 5 heteroatoms. The summed E-state index contributed by atoms with van der Waals surface area (Å²) in [6.07, 6.45) is 1.20. The van der Waals surface area contributed by atoms with E-state index in [1.807, 2.05) is 30.8 Å². The lowest BCUT2D eigenvalue weighted by Crippen LogP contribution is -2.20. The number of thiocarbonyl (C=S) groups is 1. The molecule has 0 spiro atoms. The molecule has 1 aromatic heterocycles. The van der Waals surface area contributed by atoms with Gasteiger partial charge < -0.3 is 11.1 Å². The molecule has 3 N–H and O–H groups in total. The SMILES string of the molecule is Cc1cc(C(N)=S)cc(NC2CCSC2)n1. The van der Waals surface area contributed by atoms with Crippen molar-refractivity contribution in [3.05, 3.63) is 23.4 Å². The molecule has 0 bridgehead atoms. The first-order chi connectivity index (χ1) is 7.65. The molecule has 1 fully saturated rings. The minimum Gasteiger partial charge on any atom is -0.389 e. The molecule has 1 aromatic rings. The van der Waals surface area contributed by atoms with Gasteiger partial charge in [-0.05, 0) is 31.2 Å². The summed E-state index contributed by atoms with van der Waals surface area (Å²) in [6.45, 7) is 1.95. The maximum atomic E-state index is 5.63. The fraction of sp³-hybridized carbons (Fsp3) is 0.455. The third kappa shape index (κ3) is 2.86. The quantitative estimate of drug-likeness (QED) is 0.806. The van der Waals surface area contributed by atoms with E-state index in [0.717, 1.165) is 22.8 Å². The molecule has 0 amide bonds. The maximum Gasteiger partial charge on any atom is 0.127 e. The van der Waals surface area contributed by atoms with Crippen LogP contribution in [0, 0.1) is 6.92 Å². The average Bonchev–Trinajstić information content (AvgIpc) is 2.69. The van der Waals surface area contributed by atoms with E-state index in [4.69, 9.17) is 18.0 Å². The van der Waals surface area contributed by atoms with Crippen LogP contribution in [0.15, 0.2) is 12.1 Å². The number of nitrogens with zero attached hydrogens (tertiary/aromatic N) is 1. The van der Waals surface area contributed by atoms with Crippen LogP contribution < -0.4 is 11.1 Å². The minimum atomic E-state index is 0.425. The van der Waals surface area contributed by atoms with Crippen molar-refractivity contribution < 1.29 is 0 Å². The standard InChI is InChI=1S/C11H15N3S2/c1-7-4-8(11(12)15)5-10(13-7)14-9-2-3-16-6-9/h4-5,9H,2-3,6H2,1H3,(H2,12,15)(H,13,14). The molecule has 1 aliphatic heterocycles. The largest absolute Gasteiger partial charge is 0.389 e.